The minimum atomic E-state index is -3.52. The van der Waals surface area contributed by atoms with E-state index in [0.29, 0.717) is 11.6 Å². The lowest BCUT2D eigenvalue weighted by molar-refractivity contribution is 0.434. The standard InChI is InChI=1S/C15H13BrClNO2S2/c16-12-3-1-11(2-4-12)15-18(9-10-21-15)22(19,20)14-7-5-13(17)6-8-14/h1-8,15H,9-10H2/t15-/m0/s1. The van der Waals surface area contributed by atoms with E-state index in [1.807, 2.05) is 24.3 Å². The summed E-state index contributed by atoms with van der Waals surface area (Å²) >= 11 is 10.9. The molecule has 2 aromatic carbocycles. The average molecular weight is 419 g/mol. The molecule has 3 rings (SSSR count). The van der Waals surface area contributed by atoms with Gasteiger partial charge < -0.3 is 0 Å². The molecule has 1 aliphatic heterocycles. The third-order valence-electron chi connectivity index (χ3n) is 3.42. The molecule has 1 heterocycles. The normalized spacial score (nSPS) is 19.5. The van der Waals surface area contributed by atoms with Gasteiger partial charge in [-0.15, -0.1) is 11.8 Å². The minimum Gasteiger partial charge on any atom is -0.207 e. The van der Waals surface area contributed by atoms with E-state index in [4.69, 9.17) is 11.6 Å². The molecule has 0 N–H and O–H groups in total. The highest BCUT2D eigenvalue weighted by atomic mass is 79.9. The quantitative estimate of drug-likeness (QED) is 0.734. The number of thioether (sulfide) groups is 1. The SMILES string of the molecule is O=S(=O)(c1ccc(Cl)cc1)N1CCS[C@H]1c1ccc(Br)cc1. The number of hydrogen-bond acceptors (Lipinski definition) is 3. The molecule has 7 heteroatoms. The van der Waals surface area contributed by atoms with Gasteiger partial charge in [0, 0.05) is 21.8 Å². The molecular weight excluding hydrogens is 406 g/mol. The van der Waals surface area contributed by atoms with Crippen molar-refractivity contribution in [3.8, 4) is 0 Å². The van der Waals surface area contributed by atoms with E-state index in [0.717, 1.165) is 15.8 Å². The van der Waals surface area contributed by atoms with Crippen LogP contribution in [0, 0.1) is 0 Å². The van der Waals surface area contributed by atoms with Gasteiger partial charge in [-0.05, 0) is 42.0 Å². The monoisotopic (exact) mass is 417 g/mol. The molecule has 0 spiro atoms. The van der Waals surface area contributed by atoms with E-state index in [1.54, 1.807) is 40.3 Å². The molecule has 0 aromatic heterocycles. The molecule has 0 saturated carbocycles. The van der Waals surface area contributed by atoms with E-state index in [-0.39, 0.29) is 10.3 Å². The summed E-state index contributed by atoms with van der Waals surface area (Å²) in [6.07, 6.45) is 0. The predicted molar refractivity (Wildman–Crippen MR) is 94.7 cm³/mol. The van der Waals surface area contributed by atoms with Gasteiger partial charge in [-0.1, -0.05) is 39.7 Å². The van der Waals surface area contributed by atoms with E-state index in [9.17, 15) is 8.42 Å². The summed E-state index contributed by atoms with van der Waals surface area (Å²) < 4.78 is 28.3. The van der Waals surface area contributed by atoms with Crippen LogP contribution in [0.4, 0.5) is 0 Å². The molecule has 0 bridgehead atoms. The minimum absolute atomic E-state index is 0.186. The van der Waals surface area contributed by atoms with Crippen LogP contribution in [0.1, 0.15) is 10.9 Å². The van der Waals surface area contributed by atoms with Gasteiger partial charge in [-0.25, -0.2) is 8.42 Å². The first-order valence-electron chi connectivity index (χ1n) is 6.63. The van der Waals surface area contributed by atoms with E-state index in [2.05, 4.69) is 15.9 Å². The average Bonchev–Trinajstić information content (AvgIpc) is 2.99. The summed E-state index contributed by atoms with van der Waals surface area (Å²) in [4.78, 5) is 0.279. The van der Waals surface area contributed by atoms with Crippen LogP contribution < -0.4 is 0 Å². The Morgan fingerprint density at radius 3 is 2.36 bits per heavy atom. The van der Waals surface area contributed by atoms with Crippen LogP contribution in [0.15, 0.2) is 57.9 Å². The van der Waals surface area contributed by atoms with Crippen LogP contribution in [-0.2, 0) is 10.0 Å². The van der Waals surface area contributed by atoms with Gasteiger partial charge in [0.2, 0.25) is 10.0 Å². The summed E-state index contributed by atoms with van der Waals surface area (Å²) in [7, 11) is -3.52. The van der Waals surface area contributed by atoms with Crippen molar-refractivity contribution in [3.63, 3.8) is 0 Å². The Morgan fingerprint density at radius 1 is 1.09 bits per heavy atom. The first kappa shape index (κ1) is 16.3. The molecule has 22 heavy (non-hydrogen) atoms. The maximum Gasteiger partial charge on any atom is 0.244 e. The molecule has 1 saturated heterocycles. The number of nitrogens with zero attached hydrogens (tertiary/aromatic N) is 1. The second-order valence-electron chi connectivity index (χ2n) is 4.84. The van der Waals surface area contributed by atoms with Crippen molar-refractivity contribution in [2.45, 2.75) is 10.3 Å². The number of hydrogen-bond donors (Lipinski definition) is 0. The molecule has 1 fully saturated rings. The van der Waals surface area contributed by atoms with E-state index >= 15 is 0 Å². The molecule has 0 aliphatic carbocycles. The summed E-state index contributed by atoms with van der Waals surface area (Å²) in [5.41, 5.74) is 0.989. The number of rotatable bonds is 3. The van der Waals surface area contributed by atoms with Crippen molar-refractivity contribution in [2.75, 3.05) is 12.3 Å². The Bertz CT molecular complexity index is 763. The predicted octanol–water partition coefficient (Wildman–Crippen LogP) is 4.54. The highest BCUT2D eigenvalue weighted by molar-refractivity contribution is 9.10. The zero-order chi connectivity index (χ0) is 15.7. The van der Waals surface area contributed by atoms with Crippen LogP contribution in [0.3, 0.4) is 0 Å². The zero-order valence-corrected chi connectivity index (χ0v) is 15.4. The number of benzene rings is 2. The van der Waals surface area contributed by atoms with Crippen molar-refractivity contribution in [3.05, 3.63) is 63.6 Å². The molecule has 0 radical (unpaired) electrons. The first-order chi connectivity index (χ1) is 10.5. The third kappa shape index (κ3) is 3.21. The molecule has 3 nitrogen and oxygen atoms in total. The Kier molecular flexibility index (Phi) is 4.85. The second kappa shape index (κ2) is 6.53. The molecule has 2 aromatic rings. The molecule has 116 valence electrons. The molecule has 1 aliphatic rings. The summed E-state index contributed by atoms with van der Waals surface area (Å²) in [6, 6.07) is 14.1. The summed E-state index contributed by atoms with van der Waals surface area (Å²) in [5, 5.41) is 0.341. The Morgan fingerprint density at radius 2 is 1.73 bits per heavy atom. The number of sulfonamides is 1. The topological polar surface area (TPSA) is 37.4 Å². The lowest BCUT2D eigenvalue weighted by Gasteiger charge is -2.23. The van der Waals surface area contributed by atoms with Crippen molar-refractivity contribution >= 4 is 49.3 Å². The van der Waals surface area contributed by atoms with Gasteiger partial charge in [-0.3, -0.25) is 0 Å². The third-order valence-corrected chi connectivity index (χ3v) is 7.48. The second-order valence-corrected chi connectivity index (χ2v) is 9.28. The highest BCUT2D eigenvalue weighted by Gasteiger charge is 2.36. The van der Waals surface area contributed by atoms with Crippen LogP contribution >= 0.6 is 39.3 Å². The molecular formula is C15H13BrClNO2S2. The van der Waals surface area contributed by atoms with Crippen LogP contribution in [0.25, 0.3) is 0 Å². The van der Waals surface area contributed by atoms with Gasteiger partial charge in [0.05, 0.1) is 10.3 Å². The number of halogens is 2. The molecule has 0 unspecified atom stereocenters. The fourth-order valence-electron chi connectivity index (χ4n) is 2.33. The maximum absolute atomic E-state index is 12.9. The largest absolute Gasteiger partial charge is 0.244 e. The van der Waals surface area contributed by atoms with Gasteiger partial charge in [0.1, 0.15) is 0 Å². The fraction of sp³-hybridized carbons (Fsp3) is 0.200. The Balaban J connectivity index is 1.95. The lowest BCUT2D eigenvalue weighted by atomic mass is 10.2. The molecule has 1 atom stereocenters. The van der Waals surface area contributed by atoms with Crippen LogP contribution in [0.5, 0.6) is 0 Å². The smallest absolute Gasteiger partial charge is 0.207 e. The Hall–Kier alpha value is -0.530. The van der Waals surface area contributed by atoms with Crippen LogP contribution in [-0.4, -0.2) is 25.0 Å². The van der Waals surface area contributed by atoms with E-state index in [1.165, 1.54) is 0 Å². The van der Waals surface area contributed by atoms with Gasteiger partial charge in [0.25, 0.3) is 0 Å². The lowest BCUT2D eigenvalue weighted by Crippen LogP contribution is -2.30. The highest BCUT2D eigenvalue weighted by Crippen LogP contribution is 2.41. The summed E-state index contributed by atoms with van der Waals surface area (Å²) in [5.74, 6) is 0.785. The van der Waals surface area contributed by atoms with Crippen molar-refractivity contribution in [1.82, 2.24) is 4.31 Å². The van der Waals surface area contributed by atoms with Crippen molar-refractivity contribution in [2.24, 2.45) is 0 Å². The Labute approximate surface area is 147 Å². The van der Waals surface area contributed by atoms with Gasteiger partial charge in [0.15, 0.2) is 0 Å². The van der Waals surface area contributed by atoms with Gasteiger partial charge >= 0.3 is 0 Å². The van der Waals surface area contributed by atoms with Gasteiger partial charge in [-0.2, -0.15) is 4.31 Å². The maximum atomic E-state index is 12.9. The van der Waals surface area contributed by atoms with Crippen molar-refractivity contribution in [1.29, 1.82) is 0 Å². The first-order valence-corrected chi connectivity index (χ1v) is 10.3. The van der Waals surface area contributed by atoms with Crippen LogP contribution in [0.2, 0.25) is 5.02 Å². The zero-order valence-electron chi connectivity index (χ0n) is 11.4. The van der Waals surface area contributed by atoms with Crippen molar-refractivity contribution < 1.29 is 8.42 Å². The summed E-state index contributed by atoms with van der Waals surface area (Å²) in [6.45, 7) is 0.510. The molecule has 0 amide bonds. The fourth-order valence-corrected chi connectivity index (χ4v) is 5.96. The van der Waals surface area contributed by atoms with E-state index < -0.39 is 10.0 Å².